The first kappa shape index (κ1) is 27.1. The number of benzene rings is 2. The van der Waals surface area contributed by atoms with E-state index in [9.17, 15) is 23.2 Å². The minimum absolute atomic E-state index is 0.0192. The van der Waals surface area contributed by atoms with Crippen LogP contribution in [-0.4, -0.2) is 51.4 Å². The molecule has 3 aliphatic heterocycles. The number of aryl methyl sites for hydroxylation is 1. The van der Waals surface area contributed by atoms with Crippen molar-refractivity contribution in [2.75, 3.05) is 24.6 Å². The van der Waals surface area contributed by atoms with Crippen LogP contribution < -0.4 is 4.90 Å². The van der Waals surface area contributed by atoms with Gasteiger partial charge in [-0.1, -0.05) is 12.1 Å². The number of carbonyl (C=O) groups is 1. The van der Waals surface area contributed by atoms with Crippen molar-refractivity contribution in [2.24, 2.45) is 18.9 Å². The molecule has 2 unspecified atom stereocenters. The molecule has 1 saturated carbocycles. The number of anilines is 1. The lowest BCUT2D eigenvalue weighted by atomic mass is 9.57. The number of nitriles is 1. The van der Waals surface area contributed by atoms with Gasteiger partial charge in [-0.2, -0.15) is 18.4 Å². The van der Waals surface area contributed by atoms with Gasteiger partial charge in [0.25, 0.3) is 5.91 Å². The van der Waals surface area contributed by atoms with E-state index in [0.717, 1.165) is 24.4 Å². The summed E-state index contributed by atoms with van der Waals surface area (Å²) in [6.45, 7) is 2.36. The van der Waals surface area contributed by atoms with Gasteiger partial charge in [-0.3, -0.25) is 9.69 Å². The van der Waals surface area contributed by atoms with Crippen LogP contribution >= 0.6 is 0 Å². The quantitative estimate of drug-likeness (QED) is 0.426. The fourth-order valence-electron chi connectivity index (χ4n) is 7.40. The Morgan fingerprint density at radius 2 is 2.02 bits per heavy atom. The molecule has 1 aliphatic carbocycles. The topological polar surface area (TPSA) is 87.3 Å². The number of alkyl halides is 3. The number of fused-ring (bicyclic) bond motifs is 3. The number of aromatic nitrogens is 3. The Morgan fingerprint density at radius 3 is 2.74 bits per heavy atom. The fourth-order valence-corrected chi connectivity index (χ4v) is 7.40. The molecule has 0 N–H and O–H groups in total. The van der Waals surface area contributed by atoms with Gasteiger partial charge >= 0.3 is 6.18 Å². The molecule has 11 heteroatoms. The maximum atomic E-state index is 14.3. The maximum absolute atomic E-state index is 14.3. The average Bonchev–Trinajstić information content (AvgIpc) is 3.61. The fraction of sp³-hybridized carbons (Fsp3) is 0.484. The van der Waals surface area contributed by atoms with E-state index < -0.39 is 17.6 Å². The van der Waals surface area contributed by atoms with Gasteiger partial charge in [-0.25, -0.2) is 0 Å². The molecular weight excluding hydrogens is 545 g/mol. The van der Waals surface area contributed by atoms with Gasteiger partial charge in [0.2, 0.25) is 0 Å². The number of carbonyl (C=O) groups excluding carboxylic acids is 1. The summed E-state index contributed by atoms with van der Waals surface area (Å²) >= 11 is 0. The molecule has 0 radical (unpaired) electrons. The number of halogens is 3. The molecule has 4 heterocycles. The van der Waals surface area contributed by atoms with E-state index in [-0.39, 0.29) is 35.1 Å². The van der Waals surface area contributed by atoms with Crippen LogP contribution in [0.3, 0.4) is 0 Å². The number of nitrogens with zero attached hydrogens (tertiary/aromatic N) is 6. The zero-order valence-corrected chi connectivity index (χ0v) is 23.3. The monoisotopic (exact) mass is 576 g/mol. The molecule has 218 valence electrons. The van der Waals surface area contributed by atoms with E-state index in [4.69, 9.17) is 4.74 Å². The Kier molecular flexibility index (Phi) is 6.40. The standard InChI is InChI=1S/C31H31F3N6O2/c1-38-18-36-37-28(38)11-30(9-21(10-30)12-35)22-3-2-4-23(8-22)40-16-26-25(29(40)41)6-19(7-27(26)31(32,33)34)13-39-14-20-5-24(15-39)42-17-20/h2-4,6-8,18,20-21,24H,5,9-11,13-17H2,1H3/t20?,21-,24?,30-. The lowest BCUT2D eigenvalue weighted by Gasteiger charge is -2.45. The summed E-state index contributed by atoms with van der Waals surface area (Å²) in [6, 6.07) is 12.7. The van der Waals surface area contributed by atoms with Gasteiger partial charge in [0.1, 0.15) is 12.2 Å². The number of piperidine rings is 1. The average molecular weight is 577 g/mol. The van der Waals surface area contributed by atoms with Gasteiger partial charge in [0, 0.05) is 55.7 Å². The van der Waals surface area contributed by atoms with Crippen molar-refractivity contribution in [3.63, 3.8) is 0 Å². The van der Waals surface area contributed by atoms with E-state index in [0.29, 0.717) is 56.1 Å². The third kappa shape index (κ3) is 4.67. The Bertz CT molecular complexity index is 1580. The molecule has 1 amide bonds. The molecule has 3 aromatic rings. The Balaban J connectivity index is 1.19. The highest BCUT2D eigenvalue weighted by Gasteiger charge is 2.47. The van der Waals surface area contributed by atoms with Crippen LogP contribution in [0.15, 0.2) is 42.7 Å². The molecule has 2 aromatic carbocycles. The minimum Gasteiger partial charge on any atom is -0.377 e. The van der Waals surface area contributed by atoms with Crippen molar-refractivity contribution in [3.8, 4) is 6.07 Å². The second kappa shape index (κ2) is 9.92. The van der Waals surface area contributed by atoms with Crippen LogP contribution in [0.2, 0.25) is 0 Å². The third-order valence-electron chi connectivity index (χ3n) is 9.48. The number of hydrogen-bond donors (Lipinski definition) is 0. The van der Waals surface area contributed by atoms with E-state index in [1.807, 2.05) is 29.8 Å². The van der Waals surface area contributed by atoms with Crippen LogP contribution in [0, 0.1) is 23.2 Å². The Hall–Kier alpha value is -3.75. The zero-order chi connectivity index (χ0) is 29.2. The highest BCUT2D eigenvalue weighted by molar-refractivity contribution is 6.10. The van der Waals surface area contributed by atoms with Crippen LogP contribution in [0.25, 0.3) is 0 Å². The number of rotatable bonds is 6. The third-order valence-corrected chi connectivity index (χ3v) is 9.48. The lowest BCUT2D eigenvalue weighted by Crippen LogP contribution is -2.43. The molecule has 2 bridgehead atoms. The SMILES string of the molecule is Cn1cnnc1C[C@]1(c2cccc(N3Cc4c(cc(CN5CC6COC(C6)C5)cc4C(F)(F)F)C3=O)c2)C[C@H](C#N)C1. The highest BCUT2D eigenvalue weighted by atomic mass is 19.4. The van der Waals surface area contributed by atoms with Gasteiger partial charge < -0.3 is 14.2 Å². The number of amides is 1. The van der Waals surface area contributed by atoms with E-state index in [1.165, 1.54) is 11.0 Å². The first-order chi connectivity index (χ1) is 20.1. The van der Waals surface area contributed by atoms with E-state index >= 15 is 0 Å². The molecule has 8 nitrogen and oxygen atoms in total. The molecule has 3 fully saturated rings. The minimum atomic E-state index is -4.58. The first-order valence-electron chi connectivity index (χ1n) is 14.3. The van der Waals surface area contributed by atoms with Crippen LogP contribution in [0.4, 0.5) is 18.9 Å². The summed E-state index contributed by atoms with van der Waals surface area (Å²) < 4.78 is 50.7. The summed E-state index contributed by atoms with van der Waals surface area (Å²) in [6.07, 6.45) is 0.0248. The van der Waals surface area contributed by atoms with Crippen molar-refractivity contribution in [2.45, 2.75) is 56.5 Å². The van der Waals surface area contributed by atoms with E-state index in [1.54, 1.807) is 18.5 Å². The normalized spacial score (nSPS) is 27.2. The van der Waals surface area contributed by atoms with Gasteiger partial charge in [-0.05, 0) is 66.1 Å². The first-order valence-corrected chi connectivity index (χ1v) is 14.3. The number of hydrogen-bond acceptors (Lipinski definition) is 6. The number of ether oxygens (including phenoxy) is 1. The zero-order valence-electron chi connectivity index (χ0n) is 23.3. The smallest absolute Gasteiger partial charge is 0.377 e. The van der Waals surface area contributed by atoms with Gasteiger partial charge in [0.15, 0.2) is 0 Å². The van der Waals surface area contributed by atoms with Crippen LogP contribution in [-0.2, 0) is 42.9 Å². The summed E-state index contributed by atoms with van der Waals surface area (Å²) in [5.74, 6) is 0.675. The molecule has 42 heavy (non-hydrogen) atoms. The molecule has 7 rings (SSSR count). The second-order valence-corrected chi connectivity index (χ2v) is 12.4. The molecule has 2 saturated heterocycles. The maximum Gasteiger partial charge on any atom is 0.416 e. The van der Waals surface area contributed by atoms with Gasteiger partial charge in [-0.15, -0.1) is 10.2 Å². The predicted octanol–water partition coefficient (Wildman–Crippen LogP) is 4.63. The van der Waals surface area contributed by atoms with Crippen LogP contribution in [0.1, 0.15) is 57.7 Å². The summed E-state index contributed by atoms with van der Waals surface area (Å²) in [4.78, 5) is 17.3. The second-order valence-electron chi connectivity index (χ2n) is 12.4. The molecule has 0 spiro atoms. The number of likely N-dealkylation sites (tertiary alicyclic amines) is 1. The molecule has 4 aliphatic rings. The molecule has 1 aromatic heterocycles. The lowest BCUT2D eigenvalue weighted by molar-refractivity contribution is -0.138. The van der Waals surface area contributed by atoms with Gasteiger partial charge in [0.05, 0.1) is 30.9 Å². The van der Waals surface area contributed by atoms with Crippen molar-refractivity contribution < 1.29 is 22.7 Å². The molecule has 2 atom stereocenters. The summed E-state index contributed by atoms with van der Waals surface area (Å²) in [5, 5.41) is 17.7. The van der Waals surface area contributed by atoms with Crippen molar-refractivity contribution in [1.29, 1.82) is 5.26 Å². The Labute approximate surface area is 241 Å². The van der Waals surface area contributed by atoms with Crippen LogP contribution in [0.5, 0.6) is 0 Å². The Morgan fingerprint density at radius 1 is 1.19 bits per heavy atom. The summed E-state index contributed by atoms with van der Waals surface area (Å²) in [5.41, 5.74) is 1.00. The summed E-state index contributed by atoms with van der Waals surface area (Å²) in [7, 11) is 1.87. The van der Waals surface area contributed by atoms with E-state index in [2.05, 4.69) is 21.2 Å². The molecular formula is C31H31F3N6O2. The van der Waals surface area contributed by atoms with Crippen molar-refractivity contribution >= 4 is 11.6 Å². The highest BCUT2D eigenvalue weighted by Crippen LogP contribution is 2.50. The van der Waals surface area contributed by atoms with Crippen molar-refractivity contribution in [3.05, 3.63) is 76.4 Å². The predicted molar refractivity (Wildman–Crippen MR) is 146 cm³/mol. The largest absolute Gasteiger partial charge is 0.416 e. The van der Waals surface area contributed by atoms with Crippen molar-refractivity contribution in [1.82, 2.24) is 19.7 Å².